The summed E-state index contributed by atoms with van der Waals surface area (Å²) in [4.78, 5) is 4.16. The van der Waals surface area contributed by atoms with Gasteiger partial charge < -0.3 is 20.5 Å². The lowest BCUT2D eigenvalue weighted by atomic mass is 10.2. The maximum Gasteiger partial charge on any atom is 0.142 e. The van der Waals surface area contributed by atoms with Crippen LogP contribution in [-0.4, -0.2) is 56.1 Å². The summed E-state index contributed by atoms with van der Waals surface area (Å²) in [5, 5.41) is 10.1. The maximum atomic E-state index is 10.1. The number of piperazine rings is 1. The number of aliphatic hydroxyl groups excluding tert-OH is 1. The lowest BCUT2D eigenvalue weighted by molar-refractivity contribution is -0.00130. The highest BCUT2D eigenvalue weighted by Crippen LogP contribution is 2.28. The highest BCUT2D eigenvalue weighted by molar-refractivity contribution is 5.58. The van der Waals surface area contributed by atoms with Gasteiger partial charge in [0.1, 0.15) is 12.0 Å². The minimum absolute atomic E-state index is 0.466. The molecule has 0 spiro atoms. The normalized spacial score (nSPS) is 21.1. The van der Waals surface area contributed by atoms with Crippen LogP contribution in [0, 0.1) is 0 Å². The molecule has 1 aromatic rings. The fourth-order valence-electron chi connectivity index (χ4n) is 2.34. The lowest BCUT2D eigenvalue weighted by Gasteiger charge is -2.40. The molecule has 0 amide bonds. The molecule has 0 bridgehead atoms. The van der Waals surface area contributed by atoms with Gasteiger partial charge in [-0.2, -0.15) is 0 Å². The number of benzene rings is 1. The third kappa shape index (κ3) is 2.75. The van der Waals surface area contributed by atoms with Gasteiger partial charge >= 0.3 is 0 Å². The number of hydrogen-bond donors (Lipinski definition) is 2. The van der Waals surface area contributed by atoms with E-state index in [1.807, 2.05) is 29.2 Å². The van der Waals surface area contributed by atoms with E-state index in [4.69, 9.17) is 10.5 Å². The molecule has 1 unspecified atom stereocenters. The minimum Gasteiger partial charge on any atom is -0.495 e. The van der Waals surface area contributed by atoms with Crippen molar-refractivity contribution in [2.45, 2.75) is 6.23 Å². The Labute approximate surface area is 108 Å². The number of ether oxygens (including phenoxy) is 1. The summed E-state index contributed by atoms with van der Waals surface area (Å²) in [5.74, 6) is 0.844. The molecule has 1 aliphatic rings. The number of nitrogens with two attached hydrogens (primary N) is 1. The van der Waals surface area contributed by atoms with Gasteiger partial charge in [-0.25, -0.2) is 0 Å². The number of methoxy groups -OCH3 is 1. The SMILES string of the molecule is COc1ccccc1N1CCN(CCN)C(O)C1. The molecule has 1 aliphatic heterocycles. The summed E-state index contributed by atoms with van der Waals surface area (Å²) in [6.45, 7) is 3.58. The second-order valence-corrected chi connectivity index (χ2v) is 4.42. The number of rotatable bonds is 4. The van der Waals surface area contributed by atoms with E-state index in [1.165, 1.54) is 0 Å². The van der Waals surface area contributed by atoms with Crippen molar-refractivity contribution in [3.63, 3.8) is 0 Å². The second-order valence-electron chi connectivity index (χ2n) is 4.42. The van der Waals surface area contributed by atoms with Gasteiger partial charge in [0, 0.05) is 26.2 Å². The van der Waals surface area contributed by atoms with E-state index in [0.717, 1.165) is 31.1 Å². The first-order chi connectivity index (χ1) is 8.76. The standard InChI is InChI=1S/C13H21N3O2/c1-18-12-5-3-2-4-11(12)16-9-8-15(7-6-14)13(17)10-16/h2-5,13,17H,6-10,14H2,1H3. The van der Waals surface area contributed by atoms with Crippen molar-refractivity contribution < 1.29 is 9.84 Å². The van der Waals surface area contributed by atoms with E-state index < -0.39 is 6.23 Å². The first-order valence-electron chi connectivity index (χ1n) is 6.26. The van der Waals surface area contributed by atoms with Crippen LogP contribution in [0.5, 0.6) is 5.75 Å². The molecule has 0 saturated carbocycles. The van der Waals surface area contributed by atoms with Crippen LogP contribution in [0.1, 0.15) is 0 Å². The van der Waals surface area contributed by atoms with Crippen LogP contribution in [-0.2, 0) is 0 Å². The fourth-order valence-corrected chi connectivity index (χ4v) is 2.34. The number of aliphatic hydroxyl groups is 1. The van der Waals surface area contributed by atoms with E-state index in [2.05, 4.69) is 4.90 Å². The minimum atomic E-state index is -0.466. The van der Waals surface area contributed by atoms with E-state index >= 15 is 0 Å². The van der Waals surface area contributed by atoms with Gasteiger partial charge in [-0.3, -0.25) is 4.90 Å². The maximum absolute atomic E-state index is 10.1. The molecule has 18 heavy (non-hydrogen) atoms. The van der Waals surface area contributed by atoms with Crippen molar-refractivity contribution in [2.24, 2.45) is 5.73 Å². The number of anilines is 1. The van der Waals surface area contributed by atoms with Gasteiger partial charge in [-0.05, 0) is 12.1 Å². The number of para-hydroxylation sites is 2. The van der Waals surface area contributed by atoms with E-state index in [1.54, 1.807) is 7.11 Å². The predicted molar refractivity (Wildman–Crippen MR) is 71.8 cm³/mol. The molecule has 1 aromatic carbocycles. The first-order valence-corrected chi connectivity index (χ1v) is 6.26. The van der Waals surface area contributed by atoms with Crippen molar-refractivity contribution in [3.05, 3.63) is 24.3 Å². The van der Waals surface area contributed by atoms with Gasteiger partial charge in [-0.1, -0.05) is 12.1 Å². The Morgan fingerprint density at radius 2 is 2.17 bits per heavy atom. The molecule has 1 saturated heterocycles. The Hall–Kier alpha value is -1.30. The molecular formula is C13H21N3O2. The van der Waals surface area contributed by atoms with Crippen LogP contribution < -0.4 is 15.4 Å². The molecule has 1 fully saturated rings. The topological polar surface area (TPSA) is 62.0 Å². The molecule has 100 valence electrons. The monoisotopic (exact) mass is 251 g/mol. The molecule has 5 nitrogen and oxygen atoms in total. The van der Waals surface area contributed by atoms with Gasteiger partial charge in [0.25, 0.3) is 0 Å². The Kier molecular flexibility index (Phi) is 4.41. The summed E-state index contributed by atoms with van der Waals surface area (Å²) in [6, 6.07) is 7.89. The van der Waals surface area contributed by atoms with Crippen LogP contribution in [0.2, 0.25) is 0 Å². The highest BCUT2D eigenvalue weighted by atomic mass is 16.5. The van der Waals surface area contributed by atoms with Crippen LogP contribution in [0.3, 0.4) is 0 Å². The second kappa shape index (κ2) is 6.04. The molecule has 1 heterocycles. The summed E-state index contributed by atoms with van der Waals surface area (Å²) in [7, 11) is 1.67. The quantitative estimate of drug-likeness (QED) is 0.794. The van der Waals surface area contributed by atoms with Crippen molar-refractivity contribution in [2.75, 3.05) is 44.7 Å². The van der Waals surface area contributed by atoms with Crippen molar-refractivity contribution >= 4 is 5.69 Å². The number of nitrogens with zero attached hydrogens (tertiary/aromatic N) is 2. The summed E-state index contributed by atoms with van der Waals surface area (Å²) in [5.41, 5.74) is 6.56. The predicted octanol–water partition coefficient (Wildman–Crippen LogP) is 0.0943. The third-order valence-corrected chi connectivity index (χ3v) is 3.30. The Morgan fingerprint density at radius 3 is 2.83 bits per heavy atom. The van der Waals surface area contributed by atoms with E-state index in [-0.39, 0.29) is 0 Å². The van der Waals surface area contributed by atoms with Crippen LogP contribution in [0.25, 0.3) is 0 Å². The molecule has 0 aromatic heterocycles. The van der Waals surface area contributed by atoms with Crippen molar-refractivity contribution in [1.29, 1.82) is 0 Å². The average Bonchev–Trinajstić information content (AvgIpc) is 2.41. The molecule has 2 rings (SSSR count). The fraction of sp³-hybridized carbons (Fsp3) is 0.538. The Bertz CT molecular complexity index is 386. The van der Waals surface area contributed by atoms with E-state index in [9.17, 15) is 5.11 Å². The smallest absolute Gasteiger partial charge is 0.142 e. The van der Waals surface area contributed by atoms with Gasteiger partial charge in [-0.15, -0.1) is 0 Å². The van der Waals surface area contributed by atoms with E-state index in [0.29, 0.717) is 13.1 Å². The van der Waals surface area contributed by atoms with Crippen molar-refractivity contribution in [3.8, 4) is 5.75 Å². The summed E-state index contributed by atoms with van der Waals surface area (Å²) < 4.78 is 5.35. The first kappa shape index (κ1) is 13.1. The number of β-amino-alcohol motifs (C(OH)–C–C–N with tert-alkyl or cyclic N) is 1. The lowest BCUT2D eigenvalue weighted by Crippen LogP contribution is -2.54. The largest absolute Gasteiger partial charge is 0.495 e. The molecule has 5 heteroatoms. The van der Waals surface area contributed by atoms with Gasteiger partial charge in [0.05, 0.1) is 19.3 Å². The van der Waals surface area contributed by atoms with Crippen molar-refractivity contribution in [1.82, 2.24) is 4.90 Å². The zero-order valence-electron chi connectivity index (χ0n) is 10.7. The molecule has 1 atom stereocenters. The van der Waals surface area contributed by atoms with Gasteiger partial charge in [0.2, 0.25) is 0 Å². The summed E-state index contributed by atoms with van der Waals surface area (Å²) in [6.07, 6.45) is -0.466. The van der Waals surface area contributed by atoms with Crippen LogP contribution in [0.4, 0.5) is 5.69 Å². The molecule has 3 N–H and O–H groups in total. The van der Waals surface area contributed by atoms with Crippen LogP contribution >= 0.6 is 0 Å². The number of hydrogen-bond acceptors (Lipinski definition) is 5. The Morgan fingerprint density at radius 1 is 1.39 bits per heavy atom. The van der Waals surface area contributed by atoms with Crippen LogP contribution in [0.15, 0.2) is 24.3 Å². The molecule has 0 radical (unpaired) electrons. The molecular weight excluding hydrogens is 230 g/mol. The zero-order chi connectivity index (χ0) is 13.0. The van der Waals surface area contributed by atoms with Gasteiger partial charge in [0.15, 0.2) is 0 Å². The summed E-state index contributed by atoms with van der Waals surface area (Å²) >= 11 is 0. The zero-order valence-corrected chi connectivity index (χ0v) is 10.7. The average molecular weight is 251 g/mol. The third-order valence-electron chi connectivity index (χ3n) is 3.30. The Balaban J connectivity index is 2.07. The molecule has 0 aliphatic carbocycles. The highest BCUT2D eigenvalue weighted by Gasteiger charge is 2.25.